The van der Waals surface area contributed by atoms with Gasteiger partial charge in [-0.05, 0) is 61.2 Å². The first-order valence-electron chi connectivity index (χ1n) is 11.8. The molecular weight excluding hydrogens is 421 g/mol. The highest BCUT2D eigenvalue weighted by molar-refractivity contribution is 5.96. The fraction of sp³-hybridized carbons (Fsp3) is 0.462. The number of anilines is 1. The van der Waals surface area contributed by atoms with E-state index in [-0.39, 0.29) is 30.0 Å². The Morgan fingerprint density at radius 2 is 1.82 bits per heavy atom. The molecule has 0 atom stereocenters. The Bertz CT molecular complexity index is 940. The van der Waals surface area contributed by atoms with E-state index in [2.05, 4.69) is 10.2 Å². The van der Waals surface area contributed by atoms with Crippen LogP contribution < -0.4 is 10.2 Å². The Balaban J connectivity index is 1.33. The van der Waals surface area contributed by atoms with Crippen LogP contribution in [0.15, 0.2) is 48.5 Å². The van der Waals surface area contributed by atoms with Crippen LogP contribution in [0.4, 0.5) is 10.1 Å². The van der Waals surface area contributed by atoms with Gasteiger partial charge in [0.15, 0.2) is 0 Å². The SMILES string of the molecule is O=C(Cc1cccc(N(Cc2ccc(F)cc2)C(=O)C2CC2)c1)NCCCN1CCOCC1. The predicted molar refractivity (Wildman–Crippen MR) is 125 cm³/mol. The highest BCUT2D eigenvalue weighted by atomic mass is 19.1. The maximum absolute atomic E-state index is 13.3. The molecule has 1 aliphatic heterocycles. The van der Waals surface area contributed by atoms with Crippen LogP contribution >= 0.6 is 0 Å². The Hall–Kier alpha value is -2.77. The van der Waals surface area contributed by atoms with Gasteiger partial charge in [-0.15, -0.1) is 0 Å². The quantitative estimate of drug-likeness (QED) is 0.562. The maximum atomic E-state index is 13.3. The van der Waals surface area contributed by atoms with Gasteiger partial charge in [0, 0.05) is 31.2 Å². The van der Waals surface area contributed by atoms with E-state index in [9.17, 15) is 14.0 Å². The molecule has 0 unspecified atom stereocenters. The summed E-state index contributed by atoms with van der Waals surface area (Å²) in [6, 6.07) is 13.8. The number of carbonyl (C=O) groups is 2. The molecule has 1 heterocycles. The molecule has 1 aliphatic carbocycles. The van der Waals surface area contributed by atoms with Crippen LogP contribution in [-0.4, -0.2) is 56.1 Å². The minimum absolute atomic E-state index is 0.0206. The normalized spacial score (nSPS) is 16.4. The number of amides is 2. The van der Waals surface area contributed by atoms with Gasteiger partial charge in [0.1, 0.15) is 5.82 Å². The Morgan fingerprint density at radius 3 is 2.55 bits per heavy atom. The van der Waals surface area contributed by atoms with Crippen LogP contribution in [0.5, 0.6) is 0 Å². The maximum Gasteiger partial charge on any atom is 0.230 e. The van der Waals surface area contributed by atoms with Crippen molar-refractivity contribution in [1.29, 1.82) is 0 Å². The van der Waals surface area contributed by atoms with Crippen LogP contribution in [0.1, 0.15) is 30.4 Å². The zero-order valence-electron chi connectivity index (χ0n) is 19.0. The number of rotatable bonds is 10. The van der Waals surface area contributed by atoms with Gasteiger partial charge >= 0.3 is 0 Å². The summed E-state index contributed by atoms with van der Waals surface area (Å²) in [5, 5.41) is 3.00. The summed E-state index contributed by atoms with van der Waals surface area (Å²) >= 11 is 0. The molecule has 6 nitrogen and oxygen atoms in total. The van der Waals surface area contributed by atoms with Crippen molar-refractivity contribution in [2.45, 2.75) is 32.2 Å². The summed E-state index contributed by atoms with van der Waals surface area (Å²) < 4.78 is 18.7. The summed E-state index contributed by atoms with van der Waals surface area (Å²) in [6.45, 7) is 5.46. The number of benzene rings is 2. The number of hydrogen-bond acceptors (Lipinski definition) is 4. The molecule has 33 heavy (non-hydrogen) atoms. The first-order valence-corrected chi connectivity index (χ1v) is 11.8. The number of nitrogens with one attached hydrogen (secondary N) is 1. The lowest BCUT2D eigenvalue weighted by atomic mass is 10.1. The number of carbonyl (C=O) groups excluding carboxylic acids is 2. The molecule has 1 saturated heterocycles. The molecule has 2 aliphatic rings. The van der Waals surface area contributed by atoms with Crippen molar-refractivity contribution >= 4 is 17.5 Å². The Morgan fingerprint density at radius 1 is 1.06 bits per heavy atom. The molecule has 2 aromatic rings. The lowest BCUT2D eigenvalue weighted by Crippen LogP contribution is -2.38. The first kappa shape index (κ1) is 23.4. The van der Waals surface area contributed by atoms with E-state index in [0.717, 1.165) is 68.9 Å². The number of morpholine rings is 1. The van der Waals surface area contributed by atoms with Crippen molar-refractivity contribution in [2.75, 3.05) is 44.3 Å². The van der Waals surface area contributed by atoms with E-state index >= 15 is 0 Å². The van der Waals surface area contributed by atoms with Gasteiger partial charge < -0.3 is 15.0 Å². The molecule has 1 saturated carbocycles. The smallest absolute Gasteiger partial charge is 0.230 e. The number of nitrogens with zero attached hydrogens (tertiary/aromatic N) is 2. The highest BCUT2D eigenvalue weighted by Gasteiger charge is 2.34. The average Bonchev–Trinajstić information content (AvgIpc) is 3.68. The van der Waals surface area contributed by atoms with Crippen LogP contribution in [0.2, 0.25) is 0 Å². The lowest BCUT2D eigenvalue weighted by Gasteiger charge is -2.26. The van der Waals surface area contributed by atoms with Crippen LogP contribution in [0.25, 0.3) is 0 Å². The van der Waals surface area contributed by atoms with E-state index in [1.54, 1.807) is 17.0 Å². The van der Waals surface area contributed by atoms with Crippen molar-refractivity contribution in [3.8, 4) is 0 Å². The van der Waals surface area contributed by atoms with E-state index in [1.807, 2.05) is 24.3 Å². The predicted octanol–water partition coefficient (Wildman–Crippen LogP) is 3.15. The van der Waals surface area contributed by atoms with E-state index in [1.165, 1.54) is 12.1 Å². The van der Waals surface area contributed by atoms with Crippen molar-refractivity contribution in [1.82, 2.24) is 10.2 Å². The summed E-state index contributed by atoms with van der Waals surface area (Å²) in [4.78, 5) is 29.5. The van der Waals surface area contributed by atoms with Gasteiger partial charge in [0.25, 0.3) is 0 Å². The van der Waals surface area contributed by atoms with E-state index < -0.39 is 0 Å². The molecule has 2 fully saturated rings. The number of ether oxygens (including phenoxy) is 1. The van der Waals surface area contributed by atoms with Crippen molar-refractivity contribution in [3.05, 3.63) is 65.5 Å². The molecule has 2 aromatic carbocycles. The van der Waals surface area contributed by atoms with Crippen molar-refractivity contribution in [3.63, 3.8) is 0 Å². The molecule has 4 rings (SSSR count). The molecule has 0 aromatic heterocycles. The minimum Gasteiger partial charge on any atom is -0.379 e. The molecule has 2 amide bonds. The third kappa shape index (κ3) is 7.11. The standard InChI is InChI=1S/C26H32FN3O3/c27-23-9-5-20(6-10-23)19-30(26(32)22-7-8-22)24-4-1-3-21(17-24)18-25(31)28-11-2-12-29-13-15-33-16-14-29/h1,3-6,9-10,17,22H,2,7-8,11-16,18-19H2,(H,28,31). The van der Waals surface area contributed by atoms with Gasteiger partial charge in [-0.3, -0.25) is 14.5 Å². The molecule has 0 spiro atoms. The Kier molecular flexibility index (Phi) is 8.07. The molecule has 0 bridgehead atoms. The van der Waals surface area contributed by atoms with Crippen LogP contribution in [0.3, 0.4) is 0 Å². The molecular formula is C26H32FN3O3. The second-order valence-corrected chi connectivity index (χ2v) is 8.83. The topological polar surface area (TPSA) is 61.9 Å². The van der Waals surface area contributed by atoms with Crippen LogP contribution in [-0.2, 0) is 27.3 Å². The summed E-state index contributed by atoms with van der Waals surface area (Å²) in [5.74, 6) is -0.169. The fourth-order valence-electron chi connectivity index (χ4n) is 4.06. The van der Waals surface area contributed by atoms with Crippen LogP contribution in [0, 0.1) is 11.7 Å². The number of hydrogen-bond donors (Lipinski definition) is 1. The number of halogens is 1. The zero-order valence-corrected chi connectivity index (χ0v) is 19.0. The average molecular weight is 454 g/mol. The monoisotopic (exact) mass is 453 g/mol. The van der Waals surface area contributed by atoms with Gasteiger partial charge in [0.05, 0.1) is 26.2 Å². The second-order valence-electron chi connectivity index (χ2n) is 8.83. The molecule has 1 N–H and O–H groups in total. The summed E-state index contributed by atoms with van der Waals surface area (Å²) in [5.41, 5.74) is 2.51. The van der Waals surface area contributed by atoms with Gasteiger partial charge in [-0.1, -0.05) is 24.3 Å². The molecule has 0 radical (unpaired) electrons. The highest BCUT2D eigenvalue weighted by Crippen LogP contribution is 2.33. The zero-order chi connectivity index (χ0) is 23.0. The molecule has 7 heteroatoms. The minimum atomic E-state index is -0.295. The van der Waals surface area contributed by atoms with Crippen molar-refractivity contribution in [2.24, 2.45) is 5.92 Å². The van der Waals surface area contributed by atoms with Crippen molar-refractivity contribution < 1.29 is 18.7 Å². The fourth-order valence-corrected chi connectivity index (χ4v) is 4.06. The van der Waals surface area contributed by atoms with Gasteiger partial charge in [0.2, 0.25) is 11.8 Å². The van der Waals surface area contributed by atoms with Gasteiger partial charge in [-0.25, -0.2) is 4.39 Å². The third-order valence-corrected chi connectivity index (χ3v) is 6.11. The third-order valence-electron chi connectivity index (χ3n) is 6.11. The lowest BCUT2D eigenvalue weighted by molar-refractivity contribution is -0.120. The summed E-state index contributed by atoms with van der Waals surface area (Å²) in [7, 11) is 0. The van der Waals surface area contributed by atoms with Gasteiger partial charge in [-0.2, -0.15) is 0 Å². The molecule has 176 valence electrons. The first-order chi connectivity index (χ1) is 16.1. The van der Waals surface area contributed by atoms with E-state index in [0.29, 0.717) is 13.1 Å². The largest absolute Gasteiger partial charge is 0.379 e. The van der Waals surface area contributed by atoms with E-state index in [4.69, 9.17) is 4.74 Å². The Labute approximate surface area is 194 Å². The summed E-state index contributed by atoms with van der Waals surface area (Å²) in [6.07, 6.45) is 3.00. The second kappa shape index (κ2) is 11.4.